The summed E-state index contributed by atoms with van der Waals surface area (Å²) in [7, 11) is 0. The first-order chi connectivity index (χ1) is 12.3. The van der Waals surface area contributed by atoms with Crippen LogP contribution < -0.4 is 10.2 Å². The number of hydrogen-bond acceptors (Lipinski definition) is 5. The molecule has 3 heterocycles. The average Bonchev–Trinajstić information content (AvgIpc) is 2.66. The Morgan fingerprint density at radius 1 is 1.04 bits per heavy atom. The van der Waals surface area contributed by atoms with Crippen LogP contribution in [0.1, 0.15) is 22.6 Å². The summed E-state index contributed by atoms with van der Waals surface area (Å²) in [6.45, 7) is 4.46. The lowest BCUT2D eigenvalue weighted by molar-refractivity contribution is 0.717. The zero-order valence-electron chi connectivity index (χ0n) is 14.3. The topological polar surface area (TPSA) is 53.9 Å². The molecule has 1 aromatic carbocycles. The zero-order chi connectivity index (χ0) is 17.1. The lowest BCUT2D eigenvalue weighted by atomic mass is 10.00. The van der Waals surface area contributed by atoms with Crippen molar-refractivity contribution in [2.45, 2.75) is 26.4 Å². The summed E-state index contributed by atoms with van der Waals surface area (Å²) in [6.07, 6.45) is 2.86. The molecule has 1 aliphatic heterocycles. The molecule has 0 unspecified atom stereocenters. The Hall–Kier alpha value is -2.95. The molecule has 3 aromatic rings. The summed E-state index contributed by atoms with van der Waals surface area (Å²) in [6, 6.07) is 16.6. The third kappa shape index (κ3) is 3.60. The van der Waals surface area contributed by atoms with Gasteiger partial charge in [-0.15, -0.1) is 0 Å². The first-order valence-corrected chi connectivity index (χ1v) is 8.59. The van der Waals surface area contributed by atoms with E-state index >= 15 is 0 Å². The number of fused-ring (bicyclic) bond motifs is 1. The summed E-state index contributed by atoms with van der Waals surface area (Å²) < 4.78 is 0. The standard InChI is InChI=1S/C20H21N5/c1-15-23-19(22-13-18-8-4-5-10-21-18)12-20(24-15)25-11-9-16-6-2-3-7-17(16)14-25/h2-8,10,12H,9,11,13-14H2,1H3,(H,22,23,24). The number of hydrogen-bond donors (Lipinski definition) is 1. The fourth-order valence-corrected chi connectivity index (χ4v) is 3.18. The Labute approximate surface area is 147 Å². The van der Waals surface area contributed by atoms with E-state index in [-0.39, 0.29) is 0 Å². The minimum Gasteiger partial charge on any atom is -0.364 e. The molecule has 1 aliphatic rings. The Morgan fingerprint density at radius 3 is 2.72 bits per heavy atom. The van der Waals surface area contributed by atoms with E-state index in [0.29, 0.717) is 6.54 Å². The highest BCUT2D eigenvalue weighted by atomic mass is 15.2. The highest BCUT2D eigenvalue weighted by molar-refractivity contribution is 5.51. The fourth-order valence-electron chi connectivity index (χ4n) is 3.18. The molecule has 4 rings (SSSR count). The van der Waals surface area contributed by atoms with Gasteiger partial charge in [-0.3, -0.25) is 4.98 Å². The van der Waals surface area contributed by atoms with Gasteiger partial charge in [0.25, 0.3) is 0 Å². The maximum absolute atomic E-state index is 4.64. The van der Waals surface area contributed by atoms with E-state index in [1.54, 1.807) is 6.20 Å². The van der Waals surface area contributed by atoms with Crippen molar-refractivity contribution in [3.8, 4) is 0 Å². The average molecular weight is 331 g/mol. The first kappa shape index (κ1) is 15.6. The molecule has 0 aliphatic carbocycles. The van der Waals surface area contributed by atoms with Gasteiger partial charge in [0.2, 0.25) is 0 Å². The molecule has 0 saturated heterocycles. The fraction of sp³-hybridized carbons (Fsp3) is 0.250. The summed E-state index contributed by atoms with van der Waals surface area (Å²) >= 11 is 0. The van der Waals surface area contributed by atoms with Crippen LogP contribution in [0, 0.1) is 6.92 Å². The molecule has 0 atom stereocenters. The van der Waals surface area contributed by atoms with Crippen LogP contribution in [0.4, 0.5) is 11.6 Å². The number of benzene rings is 1. The van der Waals surface area contributed by atoms with Crippen LogP contribution in [-0.4, -0.2) is 21.5 Å². The van der Waals surface area contributed by atoms with Gasteiger partial charge in [0.15, 0.2) is 0 Å². The van der Waals surface area contributed by atoms with Crippen molar-refractivity contribution in [2.24, 2.45) is 0 Å². The second-order valence-electron chi connectivity index (χ2n) is 6.27. The summed E-state index contributed by atoms with van der Waals surface area (Å²) in [4.78, 5) is 15.8. The molecule has 0 bridgehead atoms. The molecule has 5 nitrogen and oxygen atoms in total. The van der Waals surface area contributed by atoms with Gasteiger partial charge in [0, 0.05) is 25.4 Å². The van der Waals surface area contributed by atoms with Crippen LogP contribution in [0.3, 0.4) is 0 Å². The molecule has 5 heteroatoms. The van der Waals surface area contributed by atoms with E-state index in [9.17, 15) is 0 Å². The monoisotopic (exact) mass is 331 g/mol. The maximum Gasteiger partial charge on any atom is 0.134 e. The quantitative estimate of drug-likeness (QED) is 0.794. The van der Waals surface area contributed by atoms with Crippen molar-refractivity contribution in [1.82, 2.24) is 15.0 Å². The summed E-state index contributed by atoms with van der Waals surface area (Å²) in [5, 5.41) is 3.36. The summed E-state index contributed by atoms with van der Waals surface area (Å²) in [5.74, 6) is 2.59. The number of rotatable bonds is 4. The van der Waals surface area contributed by atoms with Crippen LogP contribution in [-0.2, 0) is 19.5 Å². The molecule has 0 amide bonds. The Kier molecular flexibility index (Phi) is 4.29. The Morgan fingerprint density at radius 2 is 1.88 bits per heavy atom. The van der Waals surface area contributed by atoms with Crippen molar-refractivity contribution in [1.29, 1.82) is 0 Å². The molecular formula is C20H21N5. The number of aromatic nitrogens is 3. The zero-order valence-corrected chi connectivity index (χ0v) is 14.3. The molecule has 0 fully saturated rings. The molecular weight excluding hydrogens is 310 g/mol. The van der Waals surface area contributed by atoms with Gasteiger partial charge in [-0.05, 0) is 36.6 Å². The molecule has 126 valence electrons. The van der Waals surface area contributed by atoms with Gasteiger partial charge in [-0.25, -0.2) is 9.97 Å². The number of pyridine rings is 1. The van der Waals surface area contributed by atoms with Crippen LogP contribution in [0.15, 0.2) is 54.7 Å². The SMILES string of the molecule is Cc1nc(NCc2ccccn2)cc(N2CCc3ccccc3C2)n1. The highest BCUT2D eigenvalue weighted by Crippen LogP contribution is 2.24. The van der Waals surface area contributed by atoms with Gasteiger partial charge >= 0.3 is 0 Å². The maximum atomic E-state index is 4.64. The van der Waals surface area contributed by atoms with Gasteiger partial charge < -0.3 is 10.2 Å². The minimum absolute atomic E-state index is 0.652. The predicted octanol–water partition coefficient (Wildman–Crippen LogP) is 3.35. The van der Waals surface area contributed by atoms with Crippen molar-refractivity contribution in [2.75, 3.05) is 16.8 Å². The molecule has 0 spiro atoms. The van der Waals surface area contributed by atoms with E-state index in [0.717, 1.165) is 42.7 Å². The number of anilines is 2. The third-order valence-electron chi connectivity index (χ3n) is 4.46. The lowest BCUT2D eigenvalue weighted by Crippen LogP contribution is -2.31. The normalized spacial score (nSPS) is 13.4. The van der Waals surface area contributed by atoms with Crippen molar-refractivity contribution < 1.29 is 0 Å². The van der Waals surface area contributed by atoms with E-state index in [1.807, 2.05) is 31.2 Å². The van der Waals surface area contributed by atoms with Crippen LogP contribution in [0.2, 0.25) is 0 Å². The Bertz CT molecular complexity index is 863. The molecule has 0 radical (unpaired) electrons. The summed E-state index contributed by atoms with van der Waals surface area (Å²) in [5.41, 5.74) is 3.82. The molecule has 2 aromatic heterocycles. The highest BCUT2D eigenvalue weighted by Gasteiger charge is 2.18. The van der Waals surface area contributed by atoms with E-state index in [2.05, 4.69) is 49.4 Å². The number of nitrogens with one attached hydrogen (secondary N) is 1. The van der Waals surface area contributed by atoms with Crippen molar-refractivity contribution in [3.05, 3.63) is 77.4 Å². The van der Waals surface area contributed by atoms with E-state index in [4.69, 9.17) is 0 Å². The first-order valence-electron chi connectivity index (χ1n) is 8.59. The molecule has 0 saturated carbocycles. The number of nitrogens with zero attached hydrogens (tertiary/aromatic N) is 4. The minimum atomic E-state index is 0.652. The van der Waals surface area contributed by atoms with Gasteiger partial charge in [0.05, 0.1) is 12.2 Å². The van der Waals surface area contributed by atoms with Gasteiger partial charge in [-0.1, -0.05) is 30.3 Å². The number of aryl methyl sites for hydroxylation is 1. The second kappa shape index (κ2) is 6.89. The van der Waals surface area contributed by atoms with Crippen LogP contribution >= 0.6 is 0 Å². The van der Waals surface area contributed by atoms with E-state index in [1.165, 1.54) is 11.1 Å². The smallest absolute Gasteiger partial charge is 0.134 e. The molecule has 25 heavy (non-hydrogen) atoms. The van der Waals surface area contributed by atoms with Crippen molar-refractivity contribution >= 4 is 11.6 Å². The van der Waals surface area contributed by atoms with Gasteiger partial charge in [-0.2, -0.15) is 0 Å². The predicted molar refractivity (Wildman–Crippen MR) is 99.5 cm³/mol. The second-order valence-corrected chi connectivity index (χ2v) is 6.27. The largest absolute Gasteiger partial charge is 0.364 e. The van der Waals surface area contributed by atoms with Gasteiger partial charge in [0.1, 0.15) is 17.5 Å². The van der Waals surface area contributed by atoms with Crippen LogP contribution in [0.5, 0.6) is 0 Å². The lowest BCUT2D eigenvalue weighted by Gasteiger charge is -2.30. The van der Waals surface area contributed by atoms with E-state index < -0.39 is 0 Å². The van der Waals surface area contributed by atoms with Crippen molar-refractivity contribution in [3.63, 3.8) is 0 Å². The third-order valence-corrected chi connectivity index (χ3v) is 4.46. The van der Waals surface area contributed by atoms with Crippen LogP contribution in [0.25, 0.3) is 0 Å². The Balaban J connectivity index is 1.52. The molecule has 1 N–H and O–H groups in total.